The third-order valence-electron chi connectivity index (χ3n) is 15.6. The number of aliphatic hydroxyl groups excluding tert-OH is 1. The molecular formula is C81H136O17P2. The summed E-state index contributed by atoms with van der Waals surface area (Å²) in [5, 5.41) is 10.6. The lowest BCUT2D eigenvalue weighted by Gasteiger charge is -2.21. The van der Waals surface area contributed by atoms with Crippen molar-refractivity contribution in [3.8, 4) is 0 Å². The largest absolute Gasteiger partial charge is 0.472 e. The summed E-state index contributed by atoms with van der Waals surface area (Å²) >= 11 is 0. The lowest BCUT2D eigenvalue weighted by molar-refractivity contribution is -0.161. The Morgan fingerprint density at radius 1 is 0.290 bits per heavy atom. The summed E-state index contributed by atoms with van der Waals surface area (Å²) < 4.78 is 68.4. The van der Waals surface area contributed by atoms with Crippen LogP contribution < -0.4 is 0 Å². The maximum Gasteiger partial charge on any atom is 0.472 e. The van der Waals surface area contributed by atoms with Gasteiger partial charge in [0.25, 0.3) is 0 Å². The predicted molar refractivity (Wildman–Crippen MR) is 408 cm³/mol. The SMILES string of the molecule is CC/C=C\C/C=C\C/C=C\C/C=C\C/C=C\CCCC(=O)OCC(COP(=O)(O)OCC(O)COP(=O)(O)OCC(COC(=O)CCCC/C=C\C/C=C\C/C=C\C/C=C\CC)OC(=O)CCCCCCC/C=C\CCCCCCCC)OC(=O)CCCCCCC/C=C\CCCCCC. The molecule has 0 heterocycles. The molecular weight excluding hydrogens is 1310 g/mol. The van der Waals surface area contributed by atoms with Crippen LogP contribution in [0.15, 0.2) is 134 Å². The van der Waals surface area contributed by atoms with E-state index in [1.165, 1.54) is 64.2 Å². The van der Waals surface area contributed by atoms with E-state index in [0.29, 0.717) is 32.1 Å². The predicted octanol–water partition coefficient (Wildman–Crippen LogP) is 22.1. The summed E-state index contributed by atoms with van der Waals surface area (Å²) in [6.07, 6.45) is 80.2. The highest BCUT2D eigenvalue weighted by Gasteiger charge is 2.30. The highest BCUT2D eigenvalue weighted by molar-refractivity contribution is 7.47. The van der Waals surface area contributed by atoms with Crippen molar-refractivity contribution in [1.82, 2.24) is 0 Å². The van der Waals surface area contributed by atoms with Crippen LogP contribution in [-0.4, -0.2) is 96.7 Å². The monoisotopic (exact) mass is 1440 g/mol. The van der Waals surface area contributed by atoms with Crippen LogP contribution in [0.1, 0.15) is 297 Å². The average Bonchev–Trinajstić information content (AvgIpc) is 0.965. The number of phosphoric acid groups is 2. The maximum absolute atomic E-state index is 13.1. The molecule has 0 aromatic carbocycles. The third-order valence-corrected chi connectivity index (χ3v) is 17.5. The molecule has 0 amide bonds. The summed E-state index contributed by atoms with van der Waals surface area (Å²) in [5.74, 6) is -2.31. The van der Waals surface area contributed by atoms with E-state index in [-0.39, 0.29) is 25.7 Å². The van der Waals surface area contributed by atoms with Crippen LogP contribution in [0.25, 0.3) is 0 Å². The first-order chi connectivity index (χ1) is 48.7. The van der Waals surface area contributed by atoms with Gasteiger partial charge in [-0.15, -0.1) is 0 Å². The highest BCUT2D eigenvalue weighted by atomic mass is 31.2. The summed E-state index contributed by atoms with van der Waals surface area (Å²) in [6, 6.07) is 0. The Hall–Kier alpha value is -4.80. The summed E-state index contributed by atoms with van der Waals surface area (Å²) in [5.41, 5.74) is 0. The van der Waals surface area contributed by atoms with Crippen LogP contribution in [0.5, 0.6) is 0 Å². The minimum Gasteiger partial charge on any atom is -0.462 e. The Balaban J connectivity index is 5.44. The molecule has 0 aliphatic rings. The van der Waals surface area contributed by atoms with Crippen LogP contribution in [0, 0.1) is 0 Å². The number of rotatable bonds is 71. The van der Waals surface area contributed by atoms with E-state index in [2.05, 4.69) is 149 Å². The third kappa shape index (κ3) is 71.6. The van der Waals surface area contributed by atoms with Crippen LogP contribution in [0.3, 0.4) is 0 Å². The molecule has 0 saturated carbocycles. The lowest BCUT2D eigenvalue weighted by Crippen LogP contribution is -2.30. The van der Waals surface area contributed by atoms with Gasteiger partial charge in [0.1, 0.15) is 19.3 Å². The lowest BCUT2D eigenvalue weighted by atomic mass is 10.1. The molecule has 5 unspecified atom stereocenters. The number of carbonyl (C=O) groups excluding carboxylic acids is 4. The molecule has 19 heteroatoms. The Labute approximate surface area is 605 Å². The van der Waals surface area contributed by atoms with Gasteiger partial charge in [0.15, 0.2) is 12.2 Å². The van der Waals surface area contributed by atoms with Gasteiger partial charge in [-0.1, -0.05) is 251 Å². The Morgan fingerprint density at radius 3 is 0.880 bits per heavy atom. The molecule has 100 heavy (non-hydrogen) atoms. The first-order valence-corrected chi connectivity index (χ1v) is 41.4. The zero-order valence-electron chi connectivity index (χ0n) is 62.3. The van der Waals surface area contributed by atoms with E-state index in [1.807, 2.05) is 12.2 Å². The molecule has 0 fully saturated rings. The molecule has 5 atom stereocenters. The maximum atomic E-state index is 13.1. The van der Waals surface area contributed by atoms with E-state index in [0.717, 1.165) is 148 Å². The summed E-state index contributed by atoms with van der Waals surface area (Å²) in [7, 11) is -9.99. The number of allylic oxidation sites excluding steroid dienone is 22. The van der Waals surface area contributed by atoms with Crippen LogP contribution in [-0.2, 0) is 65.4 Å². The molecule has 0 spiro atoms. The number of carbonyl (C=O) groups is 4. The first-order valence-electron chi connectivity index (χ1n) is 38.4. The van der Waals surface area contributed by atoms with Gasteiger partial charge in [-0.2, -0.15) is 0 Å². The van der Waals surface area contributed by atoms with Crippen LogP contribution in [0.4, 0.5) is 0 Å². The molecule has 17 nitrogen and oxygen atoms in total. The fraction of sp³-hybridized carbons (Fsp3) is 0.679. The molecule has 0 aromatic heterocycles. The second-order valence-electron chi connectivity index (χ2n) is 25.2. The molecule has 0 saturated heterocycles. The summed E-state index contributed by atoms with van der Waals surface area (Å²) in [6.45, 7) is 4.49. The Bertz CT molecular complexity index is 2420. The zero-order chi connectivity index (χ0) is 73.2. The molecule has 0 aliphatic carbocycles. The molecule has 3 N–H and O–H groups in total. The van der Waals surface area contributed by atoms with Gasteiger partial charge in [0.05, 0.1) is 26.4 Å². The quantitative estimate of drug-likeness (QED) is 0.0169. The van der Waals surface area contributed by atoms with Gasteiger partial charge in [-0.05, 0) is 154 Å². The van der Waals surface area contributed by atoms with Gasteiger partial charge in [0, 0.05) is 25.7 Å². The van der Waals surface area contributed by atoms with E-state index in [4.69, 9.17) is 37.0 Å². The van der Waals surface area contributed by atoms with Gasteiger partial charge >= 0.3 is 39.5 Å². The smallest absolute Gasteiger partial charge is 0.462 e. The fourth-order valence-electron chi connectivity index (χ4n) is 9.76. The molecule has 0 radical (unpaired) electrons. The topological polar surface area (TPSA) is 237 Å². The number of ether oxygens (including phenoxy) is 4. The van der Waals surface area contributed by atoms with Gasteiger partial charge in [0.2, 0.25) is 0 Å². The van der Waals surface area contributed by atoms with Crippen molar-refractivity contribution in [2.24, 2.45) is 0 Å². The van der Waals surface area contributed by atoms with Crippen molar-refractivity contribution in [1.29, 1.82) is 0 Å². The van der Waals surface area contributed by atoms with E-state index < -0.39 is 97.5 Å². The second-order valence-corrected chi connectivity index (χ2v) is 28.1. The van der Waals surface area contributed by atoms with Gasteiger partial charge in [-0.3, -0.25) is 37.3 Å². The normalized spacial score (nSPS) is 14.7. The molecule has 572 valence electrons. The van der Waals surface area contributed by atoms with Crippen molar-refractivity contribution in [3.63, 3.8) is 0 Å². The molecule has 0 aromatic rings. The van der Waals surface area contributed by atoms with Crippen LogP contribution >= 0.6 is 15.6 Å². The van der Waals surface area contributed by atoms with Crippen molar-refractivity contribution in [2.75, 3.05) is 39.6 Å². The standard InChI is InChI=1S/C81H136O17P2/c1-5-9-13-17-21-25-29-33-36-37-40-43-46-50-54-58-62-66-79(84)92-71-76(97-80(85)67-63-59-55-51-47-41-32-28-24-20-16-12-8-4)73-95-99(87,88)93-69-75(82)70-94-100(89,90)96-74-77(98-81(86)68-64-60-56-52-48-44-39-35-31-27-23-19-15-11-7-3)72-91-78(83)65-61-57-53-49-45-42-38-34-30-26-22-18-14-10-6-2/h9-10,13-14,21-22,25-26,28,32-36,38-40,43,45,49-50,54,75-77,82H,5-8,11-12,15-20,23-24,27,29-31,37,41-42,44,46-48,51-53,55-74H2,1-4H3,(H,87,88)(H,89,90)/b13-9-,14-10-,25-21-,26-22-,32-28-,36-33-,38-34-,39-35-,43-40-,49-45-,54-50-. The molecule has 0 rings (SSSR count). The van der Waals surface area contributed by atoms with Crippen molar-refractivity contribution in [2.45, 2.75) is 316 Å². The van der Waals surface area contributed by atoms with Gasteiger partial charge in [-0.25, -0.2) is 9.13 Å². The van der Waals surface area contributed by atoms with Crippen molar-refractivity contribution >= 4 is 39.5 Å². The average molecular weight is 1440 g/mol. The zero-order valence-corrected chi connectivity index (χ0v) is 64.1. The van der Waals surface area contributed by atoms with E-state index >= 15 is 0 Å². The highest BCUT2D eigenvalue weighted by Crippen LogP contribution is 2.45. The minimum absolute atomic E-state index is 0.0687. The van der Waals surface area contributed by atoms with E-state index in [9.17, 15) is 43.2 Å². The number of esters is 4. The number of phosphoric ester groups is 2. The fourth-order valence-corrected chi connectivity index (χ4v) is 11.3. The molecule has 0 aliphatic heterocycles. The second kappa shape index (κ2) is 72.5. The summed E-state index contributed by atoms with van der Waals surface area (Å²) in [4.78, 5) is 72.8. The minimum atomic E-state index is -4.99. The number of hydrogen-bond donors (Lipinski definition) is 3. The van der Waals surface area contributed by atoms with Crippen molar-refractivity contribution in [3.05, 3.63) is 134 Å². The Morgan fingerprint density at radius 2 is 0.530 bits per heavy atom. The number of unbranched alkanes of at least 4 members (excludes halogenated alkanes) is 23. The molecule has 0 bridgehead atoms. The van der Waals surface area contributed by atoms with Gasteiger partial charge < -0.3 is 33.8 Å². The van der Waals surface area contributed by atoms with E-state index in [1.54, 1.807) is 0 Å². The number of hydrogen-bond acceptors (Lipinski definition) is 15. The van der Waals surface area contributed by atoms with Crippen molar-refractivity contribution < 1.29 is 80.2 Å². The Kier molecular flexibility index (Phi) is 69.1. The first kappa shape index (κ1) is 95.2. The van der Waals surface area contributed by atoms with Crippen LogP contribution in [0.2, 0.25) is 0 Å². The number of aliphatic hydroxyl groups is 1.